The number of aromatic nitrogens is 5. The van der Waals surface area contributed by atoms with E-state index in [2.05, 4.69) is 118 Å². The number of nitrogens with one attached hydrogen (secondary N) is 2. The van der Waals surface area contributed by atoms with Gasteiger partial charge in [0.15, 0.2) is 25.7 Å². The van der Waals surface area contributed by atoms with Crippen molar-refractivity contribution in [2.24, 2.45) is 0 Å². The number of rotatable bonds is 14. The molecule has 0 spiro atoms. The molecule has 648 valence electrons. The van der Waals surface area contributed by atoms with Crippen molar-refractivity contribution >= 4 is 132 Å². The van der Waals surface area contributed by atoms with Crippen LogP contribution in [-0.4, -0.2) is 139 Å². The van der Waals surface area contributed by atoms with E-state index in [1.165, 1.54) is 68.2 Å². The first-order valence-electron chi connectivity index (χ1n) is 37.4. The highest BCUT2D eigenvalue weighted by Gasteiger charge is 2.52. The van der Waals surface area contributed by atoms with Crippen LogP contribution in [0.2, 0.25) is 0 Å². The summed E-state index contributed by atoms with van der Waals surface area (Å²) in [6.07, 6.45) is 4.33. The Labute approximate surface area is 728 Å². The Bertz CT molecular complexity index is 5790. The Balaban J connectivity index is 0.000000154. The van der Waals surface area contributed by atoms with Gasteiger partial charge in [-0.05, 0) is 225 Å². The molecule has 2 N–H and O–H groups in total. The van der Waals surface area contributed by atoms with Gasteiger partial charge in [-0.2, -0.15) is 78.1 Å². The summed E-state index contributed by atoms with van der Waals surface area (Å²) < 4.78 is 254. The number of nitrogens with zero attached hydrogens (tertiary/aromatic N) is 9. The van der Waals surface area contributed by atoms with Crippen LogP contribution >= 0.6 is 78.3 Å². The zero-order chi connectivity index (χ0) is 86.7. The normalized spacial score (nSPS) is 17.1. The number of imidazole rings is 1. The third-order valence-corrected chi connectivity index (χ3v) is 29.5. The number of benzene rings is 6. The summed E-state index contributed by atoms with van der Waals surface area (Å²) in [4.78, 5) is 19.1. The SMILES string of the molecule is CN1CC=C(B2OC(C)(C)C(C)(C)O2)CC1.CN1CC=C(c2ccc(C(F)(F)F)cc2-c2cccc3c2CCN(S(=O)(=O)Nc2ncc(F)s2)C3)CC1.Cl.FC(F)(F)c1ccc(Br)c(-c2cccc3c2CCCC3)c1.O=S(=O)(Cc1ncc(F)s1)n1ccnc1.O=S(=O)(Nc1ncc(F)s1)N1CCc2c(cccc2-c2cc(C(F)(F)F)ccc2Br)C1. The lowest BCUT2D eigenvalue weighted by Crippen LogP contribution is -2.41. The predicted molar refractivity (Wildman–Crippen MR) is 456 cm³/mol. The molecule has 6 aromatic carbocycles. The maximum absolute atomic E-state index is 13.7. The molecule has 0 unspecified atom stereocenters. The number of aryl methyl sites for hydroxylation is 1. The number of fused-ring (bicyclic) bond motifs is 3. The highest BCUT2D eigenvalue weighted by molar-refractivity contribution is 9.11. The minimum absolute atomic E-state index is 0. The summed E-state index contributed by atoms with van der Waals surface area (Å²) in [6.45, 7) is 12.3. The van der Waals surface area contributed by atoms with Crippen LogP contribution in [-0.2, 0) is 103 Å². The molecule has 9 heterocycles. The van der Waals surface area contributed by atoms with Crippen molar-refractivity contribution in [3.63, 3.8) is 0 Å². The molecule has 0 atom stereocenters. The third kappa shape index (κ3) is 23.4. The fraction of sp³-hybridized carbons (Fsp3) is 0.350. The average Bonchev–Trinajstić information content (AvgIpc) is 1.63. The van der Waals surface area contributed by atoms with E-state index in [1.54, 1.807) is 42.5 Å². The first-order chi connectivity index (χ1) is 56.4. The largest absolute Gasteiger partial charge is 0.490 e. The predicted octanol–water partition coefficient (Wildman–Crippen LogP) is 20.0. The Morgan fingerprint density at radius 2 is 0.942 bits per heavy atom. The summed E-state index contributed by atoms with van der Waals surface area (Å²) in [6, 6.07) is 27.6. The van der Waals surface area contributed by atoms with Crippen LogP contribution < -0.4 is 9.44 Å². The van der Waals surface area contributed by atoms with E-state index in [1.807, 2.05) is 25.3 Å². The minimum Gasteiger partial charge on any atom is -0.400 e. The standard InChI is InChI=1S/C25H24F4N4O2S2.C19H14BrF4N3O2S2.C17H14BrF3.C12H22BNO2.C7H6FN3O2S2.ClH/c1-32-10-7-16(8-11-32)19-6-5-18(25(27,28)29)13-22(19)21-4-2-3-17-15-33(12-9-20(17)21)37(34,35)31-24-30-14-23(26)36-24;20-16-5-4-12(19(22,23)24)8-15(16)14-3-1-2-11-10-27(7-6-13(11)14)31(28,29)26-18-25-9-17(21)30-18;18-16-9-8-12(17(19,20)21)10-15(16)14-7-3-5-11-4-1-2-6-13(11)14;1-11(2)12(3,4)16-13(15-11)10-6-8-14(5)9-7-10;8-6-3-10-7(14-6)4-15(12,13)11-2-1-9-5-11;/h2-7,13-14H,8-12,15H2,1H3,(H,30,31);1-5,8-9H,6-7,10H2,(H,25,26);3,5,7-10H,1-2,4,6H2;6H,7-9H2,1-5H3;1-3,5H,4H2;1H. The molecular formula is C80H81BBr2ClF12N11O8S6. The molecule has 10 aromatic rings. The second kappa shape index (κ2) is 38.6. The number of likely N-dealkylation sites (N-methyl/N-ethyl adjacent to an activating group) is 2. The molecule has 0 saturated carbocycles. The van der Waals surface area contributed by atoms with Crippen LogP contribution in [0.4, 0.5) is 62.9 Å². The Morgan fingerprint density at radius 1 is 0.504 bits per heavy atom. The van der Waals surface area contributed by atoms with Gasteiger partial charge in [0.2, 0.25) is 10.0 Å². The summed E-state index contributed by atoms with van der Waals surface area (Å²) in [7, 11) is -7.50. The monoisotopic (exact) mass is 1950 g/mol. The maximum atomic E-state index is 13.7. The van der Waals surface area contributed by atoms with Gasteiger partial charge in [-0.15, -0.1) is 12.4 Å². The van der Waals surface area contributed by atoms with Gasteiger partial charge < -0.3 is 19.1 Å². The van der Waals surface area contributed by atoms with Gasteiger partial charge >= 0.3 is 46.1 Å². The van der Waals surface area contributed by atoms with Crippen molar-refractivity contribution in [1.82, 2.24) is 42.3 Å². The van der Waals surface area contributed by atoms with Gasteiger partial charge in [-0.3, -0.25) is 0 Å². The lowest BCUT2D eigenvalue weighted by Gasteiger charge is -2.32. The van der Waals surface area contributed by atoms with E-state index in [-0.39, 0.29) is 77.9 Å². The van der Waals surface area contributed by atoms with Crippen LogP contribution in [0.25, 0.3) is 39.0 Å². The van der Waals surface area contributed by atoms with Gasteiger partial charge in [-0.1, -0.05) is 139 Å². The van der Waals surface area contributed by atoms with Crippen LogP contribution in [0.1, 0.15) is 114 Å². The Hall–Kier alpha value is -7.42. The maximum Gasteiger partial charge on any atom is 0.490 e. The molecule has 41 heteroatoms. The quantitative estimate of drug-likeness (QED) is 0.0765. The van der Waals surface area contributed by atoms with E-state index in [4.69, 9.17) is 9.31 Å². The van der Waals surface area contributed by atoms with Crippen LogP contribution in [0.15, 0.2) is 173 Å². The van der Waals surface area contributed by atoms with Crippen molar-refractivity contribution < 1.29 is 87.2 Å². The molecule has 1 fully saturated rings. The molecule has 0 radical (unpaired) electrons. The lowest BCUT2D eigenvalue weighted by molar-refractivity contribution is -0.138. The minimum atomic E-state index is -4.49. The van der Waals surface area contributed by atoms with Crippen LogP contribution in [0.3, 0.4) is 0 Å². The fourth-order valence-corrected chi connectivity index (χ4v) is 21.0. The molecule has 121 heavy (non-hydrogen) atoms. The molecule has 4 aromatic heterocycles. The topological polar surface area (TPSA) is 214 Å². The van der Waals surface area contributed by atoms with Crippen molar-refractivity contribution in [1.29, 1.82) is 0 Å². The van der Waals surface area contributed by atoms with Crippen molar-refractivity contribution in [3.05, 3.63) is 249 Å². The second-order valence-corrected chi connectivity index (χ2v) is 39.8. The van der Waals surface area contributed by atoms with Gasteiger partial charge in [0.1, 0.15) is 17.1 Å². The van der Waals surface area contributed by atoms with E-state index in [9.17, 15) is 77.9 Å². The zero-order valence-corrected chi connectivity index (χ0v) is 74.4. The summed E-state index contributed by atoms with van der Waals surface area (Å²) in [5.74, 6) is -0.321. The molecule has 1 aliphatic carbocycles. The number of halogens is 15. The highest BCUT2D eigenvalue weighted by atomic mass is 79.9. The molecule has 19 nitrogen and oxygen atoms in total. The molecular weight excluding hydrogens is 1870 g/mol. The number of thiazole rings is 3. The van der Waals surface area contributed by atoms with Crippen molar-refractivity contribution in [2.45, 2.75) is 128 Å². The Kier molecular flexibility index (Phi) is 30.1. The smallest absolute Gasteiger partial charge is 0.400 e. The van der Waals surface area contributed by atoms with Gasteiger partial charge in [0.25, 0.3) is 0 Å². The fourth-order valence-electron chi connectivity index (χ4n) is 14.1. The first kappa shape index (κ1) is 94.3. The summed E-state index contributed by atoms with van der Waals surface area (Å²) in [5.41, 5.74) is 9.72. The zero-order valence-electron chi connectivity index (χ0n) is 65.5. The summed E-state index contributed by atoms with van der Waals surface area (Å²) >= 11 is 8.60. The van der Waals surface area contributed by atoms with E-state index < -0.39 is 81.1 Å². The van der Waals surface area contributed by atoms with E-state index in [0.717, 1.165) is 144 Å². The molecule has 0 amide bonds. The Morgan fingerprint density at radius 3 is 1.37 bits per heavy atom. The van der Waals surface area contributed by atoms with E-state index in [0.29, 0.717) is 89.9 Å². The number of alkyl halides is 9. The first-order valence-corrected chi connectivity index (χ1v) is 45.9. The van der Waals surface area contributed by atoms with Gasteiger partial charge in [0.05, 0.1) is 46.5 Å². The van der Waals surface area contributed by atoms with Crippen molar-refractivity contribution in [3.8, 4) is 33.4 Å². The second-order valence-electron chi connectivity index (χ2n) is 29.8. The summed E-state index contributed by atoms with van der Waals surface area (Å²) in [5, 5.41) is -1.64. The van der Waals surface area contributed by atoms with Crippen LogP contribution in [0.5, 0.6) is 0 Å². The van der Waals surface area contributed by atoms with Crippen LogP contribution in [0, 0.1) is 15.4 Å². The molecule has 5 aliphatic heterocycles. The highest BCUT2D eigenvalue weighted by Crippen LogP contribution is 2.46. The average molecular weight is 1950 g/mol. The van der Waals surface area contributed by atoms with Crippen molar-refractivity contribution in [2.75, 3.05) is 62.8 Å². The molecule has 6 aliphatic rings. The lowest BCUT2D eigenvalue weighted by atomic mass is 9.75. The number of hydrogen-bond donors (Lipinski definition) is 2. The van der Waals surface area contributed by atoms with Gasteiger partial charge in [0, 0.05) is 73.7 Å². The molecule has 16 rings (SSSR count). The number of anilines is 2. The molecule has 1 saturated heterocycles. The third-order valence-electron chi connectivity index (χ3n) is 21.1. The molecule has 0 bridgehead atoms. The van der Waals surface area contributed by atoms with E-state index >= 15 is 0 Å². The number of hydrogen-bond acceptors (Lipinski definition) is 17. The van der Waals surface area contributed by atoms with Gasteiger partial charge in [-0.25, -0.2) is 41.8 Å².